The second kappa shape index (κ2) is 9.11. The number of aryl methyl sites for hydroxylation is 1. The minimum atomic E-state index is -4.37. The van der Waals surface area contributed by atoms with Crippen molar-refractivity contribution in [1.82, 2.24) is 9.80 Å². The molecule has 2 rings (SSSR count). The fourth-order valence-corrected chi connectivity index (χ4v) is 2.96. The minimum absolute atomic E-state index is 0.0566. The smallest absolute Gasteiger partial charge is 0.348 e. The normalized spacial score (nSPS) is 12.4. The standard InChI is InChI=1S/C22H25F3N2O2/c1-15-13-18(17-5-8-19(9-6-17)22(23,24)25)7-10-20(15)21(29)27(4)16(2)11-12-26(3)14-28/h5-10,13-14,16H,11-12H2,1-4H3/t16-/m1/s1. The van der Waals surface area contributed by atoms with Crippen molar-refractivity contribution in [2.24, 2.45) is 0 Å². The molecule has 0 radical (unpaired) electrons. The number of nitrogens with zero attached hydrogens (tertiary/aromatic N) is 2. The van der Waals surface area contributed by atoms with Crippen molar-refractivity contribution in [1.29, 1.82) is 0 Å². The van der Waals surface area contributed by atoms with Gasteiger partial charge < -0.3 is 9.80 Å². The van der Waals surface area contributed by atoms with Gasteiger partial charge in [0.15, 0.2) is 0 Å². The van der Waals surface area contributed by atoms with Gasteiger partial charge in [-0.2, -0.15) is 13.2 Å². The lowest BCUT2D eigenvalue weighted by atomic mass is 9.98. The maximum atomic E-state index is 12.8. The van der Waals surface area contributed by atoms with E-state index < -0.39 is 11.7 Å². The van der Waals surface area contributed by atoms with Crippen LogP contribution in [0.3, 0.4) is 0 Å². The molecule has 156 valence electrons. The van der Waals surface area contributed by atoms with Crippen molar-refractivity contribution < 1.29 is 22.8 Å². The summed E-state index contributed by atoms with van der Waals surface area (Å²) in [7, 11) is 3.41. The van der Waals surface area contributed by atoms with E-state index in [9.17, 15) is 22.8 Å². The number of benzene rings is 2. The third kappa shape index (κ3) is 5.59. The Bertz CT molecular complexity index is 863. The zero-order chi connectivity index (χ0) is 21.8. The highest BCUT2D eigenvalue weighted by atomic mass is 19.4. The Morgan fingerprint density at radius 2 is 1.66 bits per heavy atom. The molecular weight excluding hydrogens is 381 g/mol. The maximum Gasteiger partial charge on any atom is 0.416 e. The average molecular weight is 406 g/mol. The van der Waals surface area contributed by atoms with E-state index in [-0.39, 0.29) is 11.9 Å². The quantitative estimate of drug-likeness (QED) is 0.630. The molecule has 2 aromatic carbocycles. The van der Waals surface area contributed by atoms with Crippen molar-refractivity contribution in [3.63, 3.8) is 0 Å². The molecule has 0 heterocycles. The molecule has 4 nitrogen and oxygen atoms in total. The Kier molecular flexibility index (Phi) is 7.06. The number of amides is 2. The molecule has 0 saturated heterocycles. The number of hydrogen-bond donors (Lipinski definition) is 0. The molecule has 0 fully saturated rings. The summed E-state index contributed by atoms with van der Waals surface area (Å²) in [5, 5.41) is 0. The Morgan fingerprint density at radius 1 is 1.07 bits per heavy atom. The average Bonchev–Trinajstić information content (AvgIpc) is 2.69. The van der Waals surface area contributed by atoms with Crippen LogP contribution >= 0.6 is 0 Å². The molecule has 0 aliphatic heterocycles. The Morgan fingerprint density at radius 3 is 2.17 bits per heavy atom. The zero-order valence-electron chi connectivity index (χ0n) is 17.0. The van der Waals surface area contributed by atoms with Crippen LogP contribution < -0.4 is 0 Å². The molecule has 0 aliphatic carbocycles. The molecule has 0 aliphatic rings. The van der Waals surface area contributed by atoms with E-state index in [2.05, 4.69) is 0 Å². The lowest BCUT2D eigenvalue weighted by molar-refractivity contribution is -0.137. The van der Waals surface area contributed by atoms with Crippen LogP contribution in [0.2, 0.25) is 0 Å². The van der Waals surface area contributed by atoms with Crippen LogP contribution in [-0.2, 0) is 11.0 Å². The summed E-state index contributed by atoms with van der Waals surface area (Å²) in [4.78, 5) is 26.7. The van der Waals surface area contributed by atoms with Crippen molar-refractivity contribution in [3.8, 4) is 11.1 Å². The number of hydrogen-bond acceptors (Lipinski definition) is 2. The van der Waals surface area contributed by atoms with E-state index in [4.69, 9.17) is 0 Å². The molecule has 7 heteroatoms. The van der Waals surface area contributed by atoms with Gasteiger partial charge in [-0.25, -0.2) is 0 Å². The SMILES string of the molecule is Cc1cc(-c2ccc(C(F)(F)F)cc2)ccc1C(=O)N(C)[C@H](C)CCN(C)C=O. The molecule has 0 saturated carbocycles. The fourth-order valence-electron chi connectivity index (χ4n) is 2.96. The van der Waals surface area contributed by atoms with Crippen molar-refractivity contribution >= 4 is 12.3 Å². The highest BCUT2D eigenvalue weighted by Crippen LogP contribution is 2.31. The highest BCUT2D eigenvalue weighted by Gasteiger charge is 2.30. The van der Waals surface area contributed by atoms with Gasteiger partial charge in [-0.3, -0.25) is 9.59 Å². The van der Waals surface area contributed by atoms with Gasteiger partial charge in [0.25, 0.3) is 5.91 Å². The zero-order valence-corrected chi connectivity index (χ0v) is 17.0. The third-order valence-corrected chi connectivity index (χ3v) is 5.06. The van der Waals surface area contributed by atoms with Crippen LogP contribution in [0.5, 0.6) is 0 Å². The van der Waals surface area contributed by atoms with Crippen LogP contribution in [-0.4, -0.2) is 48.8 Å². The lowest BCUT2D eigenvalue weighted by Crippen LogP contribution is -2.37. The van der Waals surface area contributed by atoms with E-state index in [1.165, 1.54) is 17.0 Å². The molecular formula is C22H25F3N2O2. The topological polar surface area (TPSA) is 40.6 Å². The fraction of sp³-hybridized carbons (Fsp3) is 0.364. The monoisotopic (exact) mass is 406 g/mol. The van der Waals surface area contributed by atoms with Gasteiger partial charge in [-0.15, -0.1) is 0 Å². The summed E-state index contributed by atoms with van der Waals surface area (Å²) in [5.74, 6) is -0.136. The van der Waals surface area contributed by atoms with Gasteiger partial charge in [0, 0.05) is 32.2 Å². The number of alkyl halides is 3. The van der Waals surface area contributed by atoms with E-state index >= 15 is 0 Å². The first-order valence-electron chi connectivity index (χ1n) is 9.25. The molecule has 2 aromatic rings. The summed E-state index contributed by atoms with van der Waals surface area (Å²) >= 11 is 0. The largest absolute Gasteiger partial charge is 0.416 e. The second-order valence-electron chi connectivity index (χ2n) is 7.24. The summed E-state index contributed by atoms with van der Waals surface area (Å²) in [6.45, 7) is 4.27. The van der Waals surface area contributed by atoms with Gasteiger partial charge in [-0.05, 0) is 55.2 Å². The summed E-state index contributed by atoms with van der Waals surface area (Å²) in [5.41, 5.74) is 1.99. The molecule has 0 N–H and O–H groups in total. The maximum absolute atomic E-state index is 12.8. The van der Waals surface area contributed by atoms with Crippen molar-refractivity contribution in [3.05, 3.63) is 59.2 Å². The summed E-state index contributed by atoms with van der Waals surface area (Å²) in [6.07, 6.45) is -2.97. The first-order chi connectivity index (χ1) is 13.5. The van der Waals surface area contributed by atoms with Crippen LogP contribution in [0.15, 0.2) is 42.5 Å². The van der Waals surface area contributed by atoms with Gasteiger partial charge in [-0.1, -0.05) is 24.3 Å². The number of halogens is 3. The predicted octanol–water partition coefficient (Wildman–Crippen LogP) is 4.62. The van der Waals surface area contributed by atoms with Crippen LogP contribution in [0.1, 0.15) is 34.8 Å². The molecule has 0 spiro atoms. The molecule has 0 aromatic heterocycles. The number of carbonyl (C=O) groups is 2. The number of rotatable bonds is 7. The van der Waals surface area contributed by atoms with E-state index in [1.54, 1.807) is 44.1 Å². The molecule has 0 unspecified atom stereocenters. The summed E-state index contributed by atoms with van der Waals surface area (Å²) in [6, 6.07) is 10.1. The van der Waals surface area contributed by atoms with Crippen LogP contribution in [0.4, 0.5) is 13.2 Å². The van der Waals surface area contributed by atoms with E-state index in [1.807, 2.05) is 6.92 Å². The number of carbonyl (C=O) groups excluding carboxylic acids is 2. The predicted molar refractivity (Wildman–Crippen MR) is 106 cm³/mol. The van der Waals surface area contributed by atoms with E-state index in [0.717, 1.165) is 29.7 Å². The molecule has 29 heavy (non-hydrogen) atoms. The molecule has 2 amide bonds. The Hall–Kier alpha value is -2.83. The van der Waals surface area contributed by atoms with Gasteiger partial charge in [0.05, 0.1) is 5.56 Å². The third-order valence-electron chi connectivity index (χ3n) is 5.06. The van der Waals surface area contributed by atoms with Gasteiger partial charge in [0.2, 0.25) is 6.41 Å². The highest BCUT2D eigenvalue weighted by molar-refractivity contribution is 5.96. The van der Waals surface area contributed by atoms with Crippen LogP contribution in [0, 0.1) is 6.92 Å². The van der Waals surface area contributed by atoms with Crippen molar-refractivity contribution in [2.75, 3.05) is 20.6 Å². The molecule has 1 atom stereocenters. The van der Waals surface area contributed by atoms with Gasteiger partial charge >= 0.3 is 6.18 Å². The second-order valence-corrected chi connectivity index (χ2v) is 7.24. The van der Waals surface area contributed by atoms with E-state index in [0.29, 0.717) is 24.1 Å². The molecule has 0 bridgehead atoms. The first-order valence-corrected chi connectivity index (χ1v) is 9.25. The lowest BCUT2D eigenvalue weighted by Gasteiger charge is -2.27. The Labute approximate surface area is 168 Å². The van der Waals surface area contributed by atoms with Crippen LogP contribution in [0.25, 0.3) is 11.1 Å². The first kappa shape index (κ1) is 22.5. The summed E-state index contributed by atoms with van der Waals surface area (Å²) < 4.78 is 38.2. The minimum Gasteiger partial charge on any atom is -0.348 e. The van der Waals surface area contributed by atoms with Gasteiger partial charge in [0.1, 0.15) is 0 Å². The van der Waals surface area contributed by atoms with Crippen molar-refractivity contribution in [2.45, 2.75) is 32.5 Å². The Balaban J connectivity index is 2.16.